The van der Waals surface area contributed by atoms with Crippen molar-refractivity contribution in [3.05, 3.63) is 47.5 Å². The Hall–Kier alpha value is -3.34. The first-order valence-electron chi connectivity index (χ1n) is 12.9. The number of methoxy groups -OCH3 is 1. The Bertz CT molecular complexity index is 1120. The zero-order valence-electron chi connectivity index (χ0n) is 21.3. The minimum Gasteiger partial charge on any atom is -0.493 e. The van der Waals surface area contributed by atoms with Crippen molar-refractivity contribution in [2.75, 3.05) is 58.1 Å². The number of anilines is 1. The molecule has 1 amide bonds. The number of amides is 1. The monoisotopic (exact) mass is 535 g/mol. The summed E-state index contributed by atoms with van der Waals surface area (Å²) in [6, 6.07) is 9.17. The molecule has 0 aromatic heterocycles. The minimum atomic E-state index is -4.35. The van der Waals surface area contributed by atoms with Gasteiger partial charge in [-0.2, -0.15) is 13.2 Å². The minimum absolute atomic E-state index is 0.109. The van der Waals surface area contributed by atoms with Gasteiger partial charge in [-0.05, 0) is 61.3 Å². The molecular formula is C27H32F3N3O5. The van der Waals surface area contributed by atoms with Crippen molar-refractivity contribution in [1.29, 1.82) is 0 Å². The van der Waals surface area contributed by atoms with Crippen LogP contribution in [-0.4, -0.2) is 75.2 Å². The number of ether oxygens (including phenoxy) is 4. The van der Waals surface area contributed by atoms with E-state index in [2.05, 4.69) is 4.90 Å². The number of carbonyl (C=O) groups excluding carboxylic acids is 1. The summed E-state index contributed by atoms with van der Waals surface area (Å²) in [5.41, 5.74) is 1.09. The van der Waals surface area contributed by atoms with Crippen LogP contribution >= 0.6 is 0 Å². The lowest BCUT2D eigenvalue weighted by molar-refractivity contribution is -0.137. The second-order valence-electron chi connectivity index (χ2n) is 9.75. The van der Waals surface area contributed by atoms with Gasteiger partial charge in [-0.25, -0.2) is 4.79 Å². The maximum Gasteiger partial charge on any atom is 0.416 e. The molecular weight excluding hydrogens is 503 g/mol. The number of alkyl halides is 3. The Morgan fingerprint density at radius 3 is 2.50 bits per heavy atom. The molecule has 3 aliphatic heterocycles. The highest BCUT2D eigenvalue weighted by atomic mass is 19.4. The van der Waals surface area contributed by atoms with Crippen LogP contribution in [0.25, 0.3) is 0 Å². The van der Waals surface area contributed by atoms with Crippen LogP contribution in [0.3, 0.4) is 0 Å². The zero-order chi connectivity index (χ0) is 26.7. The van der Waals surface area contributed by atoms with E-state index in [0.717, 1.165) is 43.5 Å². The van der Waals surface area contributed by atoms with E-state index in [9.17, 15) is 18.0 Å². The number of fused-ring (bicyclic) bond motifs is 1. The number of benzene rings is 2. The Morgan fingerprint density at radius 2 is 1.79 bits per heavy atom. The fourth-order valence-corrected chi connectivity index (χ4v) is 5.23. The van der Waals surface area contributed by atoms with Gasteiger partial charge in [0.15, 0.2) is 11.5 Å². The third-order valence-corrected chi connectivity index (χ3v) is 7.35. The number of nitrogens with zero attached hydrogens (tertiary/aromatic N) is 3. The summed E-state index contributed by atoms with van der Waals surface area (Å²) in [7, 11) is 1.60. The van der Waals surface area contributed by atoms with Crippen LogP contribution in [0.4, 0.5) is 23.7 Å². The van der Waals surface area contributed by atoms with Gasteiger partial charge in [0.1, 0.15) is 6.61 Å². The van der Waals surface area contributed by atoms with Crippen molar-refractivity contribution >= 4 is 11.8 Å². The van der Waals surface area contributed by atoms with Crippen molar-refractivity contribution in [3.63, 3.8) is 0 Å². The Morgan fingerprint density at radius 1 is 1.03 bits per heavy atom. The smallest absolute Gasteiger partial charge is 0.416 e. The van der Waals surface area contributed by atoms with E-state index < -0.39 is 11.7 Å². The molecule has 0 aliphatic carbocycles. The highest BCUT2D eigenvalue weighted by molar-refractivity contribution is 5.68. The lowest BCUT2D eigenvalue weighted by atomic mass is 10.0. The predicted octanol–water partition coefficient (Wildman–Crippen LogP) is 4.76. The fourth-order valence-electron chi connectivity index (χ4n) is 5.23. The lowest BCUT2D eigenvalue weighted by Crippen LogP contribution is -2.50. The van der Waals surface area contributed by atoms with E-state index in [1.165, 1.54) is 12.1 Å². The van der Waals surface area contributed by atoms with E-state index in [0.29, 0.717) is 62.3 Å². The van der Waals surface area contributed by atoms with Crippen LogP contribution in [0.15, 0.2) is 36.4 Å². The van der Waals surface area contributed by atoms with Gasteiger partial charge >= 0.3 is 12.3 Å². The first-order chi connectivity index (χ1) is 18.3. The average Bonchev–Trinajstić information content (AvgIpc) is 3.40. The van der Waals surface area contributed by atoms with Crippen molar-refractivity contribution in [3.8, 4) is 17.2 Å². The molecule has 11 heteroatoms. The highest BCUT2D eigenvalue weighted by Crippen LogP contribution is 2.42. The zero-order valence-corrected chi connectivity index (χ0v) is 21.3. The van der Waals surface area contributed by atoms with Gasteiger partial charge in [-0.15, -0.1) is 0 Å². The molecule has 0 radical (unpaired) electrons. The summed E-state index contributed by atoms with van der Waals surface area (Å²) in [5, 5.41) is 0. The van der Waals surface area contributed by atoms with Gasteiger partial charge in [-0.3, -0.25) is 4.90 Å². The van der Waals surface area contributed by atoms with Crippen LogP contribution in [0.2, 0.25) is 0 Å². The molecule has 206 valence electrons. The van der Waals surface area contributed by atoms with E-state index >= 15 is 0 Å². The van der Waals surface area contributed by atoms with E-state index in [-0.39, 0.29) is 18.9 Å². The van der Waals surface area contributed by atoms with E-state index in [1.807, 2.05) is 17.0 Å². The highest BCUT2D eigenvalue weighted by Gasteiger charge is 2.31. The number of rotatable bonds is 6. The second-order valence-corrected chi connectivity index (χ2v) is 9.75. The third kappa shape index (κ3) is 5.87. The van der Waals surface area contributed by atoms with Crippen LogP contribution in [0.5, 0.6) is 17.2 Å². The Labute approximate surface area is 219 Å². The third-order valence-electron chi connectivity index (χ3n) is 7.35. The number of carbonyl (C=O) groups is 1. The van der Waals surface area contributed by atoms with Gasteiger partial charge in [0, 0.05) is 44.5 Å². The van der Waals surface area contributed by atoms with Crippen LogP contribution in [0, 0.1) is 0 Å². The molecule has 5 rings (SSSR count). The molecule has 0 N–H and O–H groups in total. The van der Waals surface area contributed by atoms with E-state index in [4.69, 9.17) is 18.9 Å². The molecule has 0 saturated carbocycles. The van der Waals surface area contributed by atoms with Crippen LogP contribution in [-0.2, 0) is 17.5 Å². The average molecular weight is 536 g/mol. The van der Waals surface area contributed by atoms with Gasteiger partial charge in [0.05, 0.1) is 12.7 Å². The molecule has 3 aliphatic rings. The molecule has 0 bridgehead atoms. The number of likely N-dealkylation sites (tertiary alicyclic amines) is 1. The Balaban J connectivity index is 1.12. The summed E-state index contributed by atoms with van der Waals surface area (Å²) >= 11 is 0. The Kier molecular flexibility index (Phi) is 7.73. The summed E-state index contributed by atoms with van der Waals surface area (Å²) in [6.07, 6.45) is -1.61. The molecule has 2 aromatic carbocycles. The maximum absolute atomic E-state index is 12.8. The largest absolute Gasteiger partial charge is 0.493 e. The molecule has 2 aromatic rings. The number of hydrogen-bond donors (Lipinski definition) is 0. The summed E-state index contributed by atoms with van der Waals surface area (Å²) in [4.78, 5) is 18.8. The lowest BCUT2D eigenvalue weighted by Gasteiger charge is -2.37. The molecule has 38 heavy (non-hydrogen) atoms. The summed E-state index contributed by atoms with van der Waals surface area (Å²) in [5.74, 6) is 1.94. The standard InChI is InChI=1S/C27H32F3N3O5/c1-35-23-14-19(15-24-25(23)38-18-37-24)16-33-9-3-2-4-22(33)17-36-26(34)32-12-10-31(11-13-32)21-7-5-20(6-8-21)27(28,29)30/h5-8,14-15,22H,2-4,9-13,16-18H2,1H3. The van der Waals surface area contributed by atoms with Gasteiger partial charge in [-0.1, -0.05) is 6.42 Å². The topological polar surface area (TPSA) is 63.7 Å². The second kappa shape index (κ2) is 11.2. The number of hydrogen-bond acceptors (Lipinski definition) is 7. The van der Waals surface area contributed by atoms with Gasteiger partial charge in [0.2, 0.25) is 12.5 Å². The first kappa shape index (κ1) is 26.3. The van der Waals surface area contributed by atoms with Crippen molar-refractivity contribution < 1.29 is 36.9 Å². The molecule has 8 nitrogen and oxygen atoms in total. The van der Waals surface area contributed by atoms with Crippen LogP contribution < -0.4 is 19.1 Å². The first-order valence-corrected chi connectivity index (χ1v) is 12.9. The van der Waals surface area contributed by atoms with Crippen LogP contribution in [0.1, 0.15) is 30.4 Å². The van der Waals surface area contributed by atoms with Crippen molar-refractivity contribution in [2.24, 2.45) is 0 Å². The number of piperazine rings is 1. The van der Waals surface area contributed by atoms with Crippen molar-refractivity contribution in [2.45, 2.75) is 38.0 Å². The predicted molar refractivity (Wildman–Crippen MR) is 134 cm³/mol. The van der Waals surface area contributed by atoms with Gasteiger partial charge in [0.25, 0.3) is 0 Å². The molecule has 3 heterocycles. The quantitative estimate of drug-likeness (QED) is 0.529. The summed E-state index contributed by atoms with van der Waals surface area (Å²) in [6.45, 7) is 4.03. The fraction of sp³-hybridized carbons (Fsp3) is 0.519. The summed E-state index contributed by atoms with van der Waals surface area (Å²) < 4.78 is 60.7. The number of piperidine rings is 1. The molecule has 2 saturated heterocycles. The SMILES string of the molecule is COc1cc(CN2CCCCC2COC(=O)N2CCN(c3ccc(C(F)(F)F)cc3)CC2)cc2c1OCO2. The maximum atomic E-state index is 12.8. The van der Waals surface area contributed by atoms with E-state index in [1.54, 1.807) is 12.0 Å². The van der Waals surface area contributed by atoms with Gasteiger partial charge < -0.3 is 28.7 Å². The molecule has 0 spiro atoms. The number of halogens is 3. The molecule has 1 atom stereocenters. The normalized spacial score (nSPS) is 19.9. The molecule has 1 unspecified atom stereocenters. The van der Waals surface area contributed by atoms with Crippen molar-refractivity contribution in [1.82, 2.24) is 9.80 Å². The molecule has 2 fully saturated rings.